The molecular weight excluding hydrogens is 250 g/mol. The molecule has 1 heterocycles. The second-order valence-electron chi connectivity index (χ2n) is 5.04. The smallest absolute Gasteiger partial charge is 0.159 e. The summed E-state index contributed by atoms with van der Waals surface area (Å²) in [5, 5.41) is 0. The van der Waals surface area contributed by atoms with Crippen molar-refractivity contribution in [1.29, 1.82) is 0 Å². The van der Waals surface area contributed by atoms with Gasteiger partial charge in [-0.1, -0.05) is 6.07 Å². The zero-order chi connectivity index (χ0) is 13.7. The van der Waals surface area contributed by atoms with Gasteiger partial charge in [-0.2, -0.15) is 0 Å². The molecule has 0 spiro atoms. The number of hydrogen-bond donors (Lipinski definition) is 2. The molecule has 2 atom stereocenters. The van der Waals surface area contributed by atoms with Gasteiger partial charge in [0, 0.05) is 12.6 Å². The highest BCUT2D eigenvalue weighted by Gasteiger charge is 2.19. The van der Waals surface area contributed by atoms with Gasteiger partial charge in [-0.25, -0.2) is 8.78 Å². The summed E-state index contributed by atoms with van der Waals surface area (Å²) in [7, 11) is 0. The maximum absolute atomic E-state index is 13.1. The van der Waals surface area contributed by atoms with E-state index in [0.717, 1.165) is 37.5 Å². The third-order valence-corrected chi connectivity index (χ3v) is 3.52. The molecule has 1 aliphatic rings. The zero-order valence-electron chi connectivity index (χ0n) is 10.9. The first kappa shape index (κ1) is 14.4. The average molecular weight is 270 g/mol. The first-order chi connectivity index (χ1) is 9.19. The van der Waals surface area contributed by atoms with Gasteiger partial charge in [-0.15, -0.1) is 0 Å². The van der Waals surface area contributed by atoms with E-state index in [-0.39, 0.29) is 12.1 Å². The molecule has 5 heteroatoms. The third kappa shape index (κ3) is 4.23. The lowest BCUT2D eigenvalue weighted by atomic mass is 9.97. The highest BCUT2D eigenvalue weighted by molar-refractivity contribution is 5.18. The predicted molar refractivity (Wildman–Crippen MR) is 69.4 cm³/mol. The minimum atomic E-state index is -0.823. The van der Waals surface area contributed by atoms with Crippen LogP contribution in [0.4, 0.5) is 8.78 Å². The Balaban J connectivity index is 1.92. The molecule has 3 nitrogen and oxygen atoms in total. The standard InChI is InChI=1S/C14H20F2N2O/c15-13-5-4-10(8-14(13)16)7-11(18-17)9-12-3-1-2-6-19-12/h4-5,8,11-12,18H,1-3,6-7,9,17H2. The molecule has 1 aliphatic heterocycles. The Morgan fingerprint density at radius 3 is 2.79 bits per heavy atom. The second-order valence-corrected chi connectivity index (χ2v) is 5.04. The van der Waals surface area contributed by atoms with Crippen molar-refractivity contribution >= 4 is 0 Å². The molecule has 0 saturated carbocycles. The van der Waals surface area contributed by atoms with Gasteiger partial charge in [0.2, 0.25) is 0 Å². The number of benzene rings is 1. The SMILES string of the molecule is NNC(Cc1ccc(F)c(F)c1)CC1CCCCO1. The van der Waals surface area contributed by atoms with Gasteiger partial charge in [0.1, 0.15) is 0 Å². The van der Waals surface area contributed by atoms with Crippen LogP contribution in [0.25, 0.3) is 0 Å². The molecule has 0 aromatic heterocycles. The van der Waals surface area contributed by atoms with Gasteiger partial charge < -0.3 is 4.74 Å². The van der Waals surface area contributed by atoms with E-state index < -0.39 is 11.6 Å². The maximum Gasteiger partial charge on any atom is 0.159 e. The number of hydrazine groups is 1. The molecular formula is C14H20F2N2O. The largest absolute Gasteiger partial charge is 0.378 e. The molecule has 0 amide bonds. The van der Waals surface area contributed by atoms with Crippen molar-refractivity contribution in [2.75, 3.05) is 6.61 Å². The molecule has 3 N–H and O–H groups in total. The average Bonchev–Trinajstić information content (AvgIpc) is 2.43. The quantitative estimate of drug-likeness (QED) is 0.637. The van der Waals surface area contributed by atoms with E-state index in [4.69, 9.17) is 10.6 Å². The van der Waals surface area contributed by atoms with E-state index in [1.165, 1.54) is 12.5 Å². The molecule has 1 saturated heterocycles. The summed E-state index contributed by atoms with van der Waals surface area (Å²) in [6.45, 7) is 0.799. The van der Waals surface area contributed by atoms with Crippen LogP contribution in [0, 0.1) is 11.6 Å². The van der Waals surface area contributed by atoms with E-state index in [2.05, 4.69) is 5.43 Å². The van der Waals surface area contributed by atoms with Gasteiger partial charge in [0.05, 0.1) is 6.10 Å². The van der Waals surface area contributed by atoms with Crippen molar-refractivity contribution in [3.63, 3.8) is 0 Å². The molecule has 0 radical (unpaired) electrons. The Hall–Kier alpha value is -1.04. The molecule has 0 aliphatic carbocycles. The van der Waals surface area contributed by atoms with Crippen LogP contribution >= 0.6 is 0 Å². The lowest BCUT2D eigenvalue weighted by molar-refractivity contribution is 0.00523. The first-order valence-corrected chi connectivity index (χ1v) is 6.70. The second kappa shape index (κ2) is 6.93. The summed E-state index contributed by atoms with van der Waals surface area (Å²) in [4.78, 5) is 0. The van der Waals surface area contributed by atoms with Crippen LogP contribution in [0.2, 0.25) is 0 Å². The van der Waals surface area contributed by atoms with Gasteiger partial charge in [0.15, 0.2) is 11.6 Å². The van der Waals surface area contributed by atoms with Gasteiger partial charge >= 0.3 is 0 Å². The van der Waals surface area contributed by atoms with Crippen LogP contribution in [0.5, 0.6) is 0 Å². The Bertz CT molecular complexity index is 408. The van der Waals surface area contributed by atoms with Crippen LogP contribution in [0.3, 0.4) is 0 Å². The predicted octanol–water partition coefficient (Wildman–Crippen LogP) is 2.30. The van der Waals surface area contributed by atoms with E-state index >= 15 is 0 Å². The van der Waals surface area contributed by atoms with Gasteiger partial charge in [-0.05, 0) is 49.8 Å². The Morgan fingerprint density at radius 1 is 1.32 bits per heavy atom. The highest BCUT2D eigenvalue weighted by atomic mass is 19.2. The van der Waals surface area contributed by atoms with E-state index in [9.17, 15) is 8.78 Å². The fourth-order valence-electron chi connectivity index (χ4n) is 2.47. The number of ether oxygens (including phenoxy) is 1. The number of halogens is 2. The van der Waals surface area contributed by atoms with E-state index in [0.29, 0.717) is 6.42 Å². The number of hydrogen-bond acceptors (Lipinski definition) is 3. The number of nitrogens with two attached hydrogens (primary N) is 1. The van der Waals surface area contributed by atoms with Gasteiger partial charge in [-0.3, -0.25) is 11.3 Å². The van der Waals surface area contributed by atoms with Crippen molar-refractivity contribution in [3.05, 3.63) is 35.4 Å². The van der Waals surface area contributed by atoms with Crippen LogP contribution < -0.4 is 11.3 Å². The normalized spacial score (nSPS) is 21.3. The molecule has 1 aromatic rings. The molecule has 1 aromatic carbocycles. The lowest BCUT2D eigenvalue weighted by Crippen LogP contribution is -2.40. The monoisotopic (exact) mass is 270 g/mol. The van der Waals surface area contributed by atoms with Crippen LogP contribution in [-0.4, -0.2) is 18.8 Å². The van der Waals surface area contributed by atoms with E-state index in [1.54, 1.807) is 6.07 Å². The van der Waals surface area contributed by atoms with Crippen molar-refractivity contribution in [2.24, 2.45) is 5.84 Å². The molecule has 2 rings (SSSR count). The van der Waals surface area contributed by atoms with E-state index in [1.807, 2.05) is 0 Å². The van der Waals surface area contributed by atoms with Crippen LogP contribution in [-0.2, 0) is 11.2 Å². The summed E-state index contributed by atoms with van der Waals surface area (Å²) in [5.41, 5.74) is 3.47. The zero-order valence-corrected chi connectivity index (χ0v) is 10.9. The topological polar surface area (TPSA) is 47.3 Å². The number of nitrogens with one attached hydrogen (secondary N) is 1. The summed E-state index contributed by atoms with van der Waals surface area (Å²) in [5.74, 6) is 3.89. The summed E-state index contributed by atoms with van der Waals surface area (Å²) < 4.78 is 31.7. The van der Waals surface area contributed by atoms with Crippen LogP contribution in [0.1, 0.15) is 31.2 Å². The van der Waals surface area contributed by atoms with Crippen molar-refractivity contribution in [3.8, 4) is 0 Å². The summed E-state index contributed by atoms with van der Waals surface area (Å²) in [6.07, 6.45) is 4.88. The van der Waals surface area contributed by atoms with Crippen molar-refractivity contribution < 1.29 is 13.5 Å². The Labute approximate surface area is 112 Å². The maximum atomic E-state index is 13.1. The molecule has 0 bridgehead atoms. The summed E-state index contributed by atoms with van der Waals surface area (Å²) >= 11 is 0. The minimum Gasteiger partial charge on any atom is -0.378 e. The fourth-order valence-corrected chi connectivity index (χ4v) is 2.47. The fraction of sp³-hybridized carbons (Fsp3) is 0.571. The molecule has 106 valence electrons. The lowest BCUT2D eigenvalue weighted by Gasteiger charge is -2.26. The highest BCUT2D eigenvalue weighted by Crippen LogP contribution is 2.19. The third-order valence-electron chi connectivity index (χ3n) is 3.52. The number of rotatable bonds is 5. The van der Waals surface area contributed by atoms with Gasteiger partial charge in [0.25, 0.3) is 0 Å². The molecule has 1 fully saturated rings. The van der Waals surface area contributed by atoms with Crippen LogP contribution in [0.15, 0.2) is 18.2 Å². The Morgan fingerprint density at radius 2 is 2.16 bits per heavy atom. The summed E-state index contributed by atoms with van der Waals surface area (Å²) in [6, 6.07) is 3.97. The molecule has 2 unspecified atom stereocenters. The molecule has 19 heavy (non-hydrogen) atoms. The van der Waals surface area contributed by atoms with Crippen molar-refractivity contribution in [1.82, 2.24) is 5.43 Å². The Kier molecular flexibility index (Phi) is 5.24. The first-order valence-electron chi connectivity index (χ1n) is 6.70. The van der Waals surface area contributed by atoms with Crippen molar-refractivity contribution in [2.45, 2.75) is 44.2 Å². The minimum absolute atomic E-state index is 0.00737.